The van der Waals surface area contributed by atoms with Crippen LogP contribution in [0.5, 0.6) is 0 Å². The Morgan fingerprint density at radius 1 is 1.26 bits per heavy atom. The fraction of sp³-hybridized carbons (Fsp3) is 0.0588. The highest BCUT2D eigenvalue weighted by molar-refractivity contribution is 8.18. The van der Waals surface area contributed by atoms with Crippen molar-refractivity contribution in [3.05, 3.63) is 51.6 Å². The Balaban J connectivity index is 1.87. The standard InChI is InChI=1S/C17H11ClN2O6S/c18-11-3-1-8(5-10(11)16(23)24)12-4-2-9(26-12)6-13-15(22)20(7-14(19)21)17(25)27-13/h1-6H,7H2,(H2,19,21)(H,23,24)/b13-6-. The molecule has 27 heavy (non-hydrogen) atoms. The van der Waals surface area contributed by atoms with Gasteiger partial charge in [-0.2, -0.15) is 0 Å². The van der Waals surface area contributed by atoms with Crippen LogP contribution in [0.15, 0.2) is 39.7 Å². The number of halogens is 1. The number of rotatable bonds is 5. The van der Waals surface area contributed by atoms with E-state index in [0.717, 1.165) is 4.90 Å². The van der Waals surface area contributed by atoms with Crippen LogP contribution in [0.25, 0.3) is 17.4 Å². The number of hydrogen-bond donors (Lipinski definition) is 2. The van der Waals surface area contributed by atoms with Crippen molar-refractivity contribution in [3.63, 3.8) is 0 Å². The third-order valence-electron chi connectivity index (χ3n) is 3.57. The van der Waals surface area contributed by atoms with Gasteiger partial charge in [0, 0.05) is 11.6 Å². The third-order valence-corrected chi connectivity index (χ3v) is 4.81. The van der Waals surface area contributed by atoms with Crippen molar-refractivity contribution in [3.8, 4) is 11.3 Å². The van der Waals surface area contributed by atoms with E-state index in [1.54, 1.807) is 18.2 Å². The molecule has 3 rings (SSSR count). The van der Waals surface area contributed by atoms with Gasteiger partial charge in [-0.1, -0.05) is 11.6 Å². The van der Waals surface area contributed by atoms with Crippen molar-refractivity contribution in [2.45, 2.75) is 0 Å². The summed E-state index contributed by atoms with van der Waals surface area (Å²) in [5.41, 5.74) is 5.44. The predicted octanol–water partition coefficient (Wildman–Crippen LogP) is 2.82. The molecule has 3 amide bonds. The summed E-state index contributed by atoms with van der Waals surface area (Å²) < 4.78 is 5.61. The Kier molecular flexibility index (Phi) is 5.06. The summed E-state index contributed by atoms with van der Waals surface area (Å²) in [6.45, 7) is -0.492. The van der Waals surface area contributed by atoms with Gasteiger partial charge in [0.25, 0.3) is 11.1 Å². The summed E-state index contributed by atoms with van der Waals surface area (Å²) in [4.78, 5) is 46.9. The van der Waals surface area contributed by atoms with Crippen LogP contribution in [0.1, 0.15) is 16.1 Å². The molecule has 1 saturated heterocycles. The molecule has 1 aromatic heterocycles. The molecular formula is C17H11ClN2O6S. The van der Waals surface area contributed by atoms with Crippen LogP contribution in [-0.2, 0) is 9.59 Å². The van der Waals surface area contributed by atoms with Crippen molar-refractivity contribution in [1.82, 2.24) is 4.90 Å². The predicted molar refractivity (Wildman–Crippen MR) is 98.0 cm³/mol. The Labute approximate surface area is 161 Å². The fourth-order valence-corrected chi connectivity index (χ4v) is 3.37. The van der Waals surface area contributed by atoms with Gasteiger partial charge >= 0.3 is 5.97 Å². The monoisotopic (exact) mass is 406 g/mol. The van der Waals surface area contributed by atoms with Crippen molar-refractivity contribution in [2.24, 2.45) is 5.73 Å². The van der Waals surface area contributed by atoms with E-state index in [4.69, 9.17) is 26.9 Å². The van der Waals surface area contributed by atoms with Gasteiger partial charge in [-0.15, -0.1) is 0 Å². The Morgan fingerprint density at radius 3 is 2.67 bits per heavy atom. The second-order valence-corrected chi connectivity index (χ2v) is 6.84. The van der Waals surface area contributed by atoms with Crippen LogP contribution in [0.2, 0.25) is 5.02 Å². The van der Waals surface area contributed by atoms with Gasteiger partial charge < -0.3 is 15.3 Å². The zero-order chi connectivity index (χ0) is 19.7. The van der Waals surface area contributed by atoms with Gasteiger partial charge in [-0.25, -0.2) is 4.79 Å². The lowest BCUT2D eigenvalue weighted by Crippen LogP contribution is -2.36. The van der Waals surface area contributed by atoms with Gasteiger partial charge in [-0.05, 0) is 42.1 Å². The number of aromatic carboxylic acids is 1. The first-order chi connectivity index (χ1) is 12.8. The molecule has 0 aliphatic carbocycles. The fourth-order valence-electron chi connectivity index (χ4n) is 2.35. The second kappa shape index (κ2) is 7.29. The highest BCUT2D eigenvalue weighted by Gasteiger charge is 2.36. The van der Waals surface area contributed by atoms with Crippen molar-refractivity contribution in [1.29, 1.82) is 0 Å². The van der Waals surface area contributed by atoms with E-state index in [9.17, 15) is 19.2 Å². The summed E-state index contributed by atoms with van der Waals surface area (Å²) >= 11 is 6.51. The average molecular weight is 407 g/mol. The maximum Gasteiger partial charge on any atom is 0.337 e. The first-order valence-electron chi connectivity index (χ1n) is 7.43. The number of hydrogen-bond acceptors (Lipinski definition) is 6. The minimum absolute atomic E-state index is 0.0697. The quantitative estimate of drug-likeness (QED) is 0.729. The second-order valence-electron chi connectivity index (χ2n) is 5.44. The summed E-state index contributed by atoms with van der Waals surface area (Å²) in [6.07, 6.45) is 1.36. The van der Waals surface area contributed by atoms with Crippen LogP contribution in [0, 0.1) is 0 Å². The molecule has 3 N–H and O–H groups in total. The van der Waals surface area contributed by atoms with Gasteiger partial charge in [0.2, 0.25) is 5.91 Å². The molecule has 1 aromatic carbocycles. The lowest BCUT2D eigenvalue weighted by molar-refractivity contribution is -0.127. The smallest absolute Gasteiger partial charge is 0.337 e. The zero-order valence-corrected chi connectivity index (χ0v) is 15.0. The SMILES string of the molecule is NC(=O)CN1C(=O)S/C(=C\c2ccc(-c3ccc(Cl)c(C(=O)O)c3)o2)C1=O. The maximum absolute atomic E-state index is 12.2. The number of imide groups is 1. The Bertz CT molecular complexity index is 1010. The molecule has 0 radical (unpaired) electrons. The van der Waals surface area contributed by atoms with Crippen LogP contribution in [-0.4, -0.2) is 39.6 Å². The maximum atomic E-state index is 12.2. The summed E-state index contributed by atoms with van der Waals surface area (Å²) in [7, 11) is 0. The van der Waals surface area contributed by atoms with E-state index in [2.05, 4.69) is 0 Å². The van der Waals surface area contributed by atoms with Gasteiger partial charge in [0.1, 0.15) is 18.1 Å². The Morgan fingerprint density at radius 2 is 2.00 bits per heavy atom. The van der Waals surface area contributed by atoms with E-state index >= 15 is 0 Å². The number of benzene rings is 1. The van der Waals surface area contributed by atoms with Gasteiger partial charge in [0.15, 0.2) is 0 Å². The number of amides is 3. The number of carbonyl (C=O) groups is 4. The zero-order valence-electron chi connectivity index (χ0n) is 13.5. The van der Waals surface area contributed by atoms with Crippen LogP contribution >= 0.6 is 23.4 Å². The lowest BCUT2D eigenvalue weighted by Gasteiger charge is -2.08. The molecule has 1 aliphatic heterocycles. The molecule has 0 spiro atoms. The first-order valence-corrected chi connectivity index (χ1v) is 8.62. The molecule has 0 unspecified atom stereocenters. The number of furan rings is 1. The van der Waals surface area contributed by atoms with E-state index in [1.165, 1.54) is 18.2 Å². The molecule has 0 atom stereocenters. The number of nitrogens with zero attached hydrogens (tertiary/aromatic N) is 1. The minimum atomic E-state index is -1.17. The third kappa shape index (κ3) is 3.88. The van der Waals surface area contributed by atoms with Crippen LogP contribution in [0.4, 0.5) is 4.79 Å². The highest BCUT2D eigenvalue weighted by Crippen LogP contribution is 2.33. The van der Waals surface area contributed by atoms with E-state index in [-0.39, 0.29) is 21.3 Å². The molecule has 1 aliphatic rings. The van der Waals surface area contributed by atoms with Crippen molar-refractivity contribution < 1.29 is 28.7 Å². The van der Waals surface area contributed by atoms with Gasteiger partial charge in [-0.3, -0.25) is 19.3 Å². The molecule has 1 fully saturated rings. The van der Waals surface area contributed by atoms with Crippen LogP contribution in [0.3, 0.4) is 0 Å². The summed E-state index contributed by atoms with van der Waals surface area (Å²) in [5, 5.41) is 8.64. The number of carboxylic acid groups (broad SMARTS) is 1. The normalized spacial score (nSPS) is 15.6. The molecule has 2 heterocycles. The van der Waals surface area contributed by atoms with E-state index in [0.29, 0.717) is 23.1 Å². The molecule has 0 saturated carbocycles. The number of thioether (sulfide) groups is 1. The van der Waals surface area contributed by atoms with Crippen molar-refractivity contribution in [2.75, 3.05) is 6.54 Å². The summed E-state index contributed by atoms with van der Waals surface area (Å²) in [6, 6.07) is 7.56. The van der Waals surface area contributed by atoms with Crippen molar-refractivity contribution >= 4 is 52.5 Å². The first kappa shape index (κ1) is 18.7. The molecule has 2 aromatic rings. The minimum Gasteiger partial charge on any atom is -0.478 e. The molecule has 138 valence electrons. The number of carboxylic acids is 1. The summed E-state index contributed by atoms with van der Waals surface area (Å²) in [5.74, 6) is -1.97. The molecule has 8 nitrogen and oxygen atoms in total. The molecule has 10 heteroatoms. The largest absolute Gasteiger partial charge is 0.478 e. The topological polar surface area (TPSA) is 131 Å². The average Bonchev–Trinajstić information content (AvgIpc) is 3.15. The lowest BCUT2D eigenvalue weighted by atomic mass is 10.1. The molecule has 0 bridgehead atoms. The van der Waals surface area contributed by atoms with E-state index in [1.807, 2.05) is 0 Å². The van der Waals surface area contributed by atoms with Gasteiger partial charge in [0.05, 0.1) is 15.5 Å². The van der Waals surface area contributed by atoms with Crippen LogP contribution < -0.4 is 5.73 Å². The number of primary amides is 1. The molecular weight excluding hydrogens is 396 g/mol. The Hall–Kier alpha value is -3.04. The number of carbonyl (C=O) groups excluding carboxylic acids is 3. The number of nitrogens with two attached hydrogens (primary N) is 1. The van der Waals surface area contributed by atoms with E-state index < -0.39 is 29.6 Å². The highest BCUT2D eigenvalue weighted by atomic mass is 35.5.